The predicted molar refractivity (Wildman–Crippen MR) is 99.4 cm³/mol. The second-order valence-corrected chi connectivity index (χ2v) is 7.24. The fourth-order valence-electron chi connectivity index (χ4n) is 3.04. The highest BCUT2D eigenvalue weighted by molar-refractivity contribution is 5.40. The first-order valence-electron chi connectivity index (χ1n) is 9.24. The molecule has 0 amide bonds. The van der Waals surface area contributed by atoms with Gasteiger partial charge in [0, 0.05) is 6.61 Å². The van der Waals surface area contributed by atoms with Crippen LogP contribution in [0.25, 0.3) is 0 Å². The number of hydrogen-bond donors (Lipinski definition) is 0. The van der Waals surface area contributed by atoms with Gasteiger partial charge in [-0.1, -0.05) is 44.9 Å². The Balaban J connectivity index is 2.31. The lowest BCUT2D eigenvalue weighted by atomic mass is 9.95. The van der Waals surface area contributed by atoms with Crippen molar-refractivity contribution in [2.45, 2.75) is 79.2 Å². The molecule has 132 valence electrons. The molecule has 1 atom stereocenters. The maximum absolute atomic E-state index is 6.09. The highest BCUT2D eigenvalue weighted by Crippen LogP contribution is 2.25. The summed E-state index contributed by atoms with van der Waals surface area (Å²) in [6, 6.07) is 6.42. The number of aryl methyl sites for hydroxylation is 2. The number of hydrogen-bond acceptors (Lipinski definition) is 2. The molecule has 2 heteroatoms. The van der Waals surface area contributed by atoms with E-state index in [0.29, 0.717) is 5.92 Å². The molecular formula is C21H36O2. The third-order valence-electron chi connectivity index (χ3n) is 4.54. The second kappa shape index (κ2) is 9.97. The van der Waals surface area contributed by atoms with E-state index in [1.165, 1.54) is 24.0 Å². The lowest BCUT2D eigenvalue weighted by Crippen LogP contribution is -2.24. The fourth-order valence-corrected chi connectivity index (χ4v) is 3.04. The zero-order valence-electron chi connectivity index (χ0n) is 16.1. The Kier molecular flexibility index (Phi) is 8.68. The Labute approximate surface area is 143 Å². The molecule has 23 heavy (non-hydrogen) atoms. The van der Waals surface area contributed by atoms with E-state index in [0.717, 1.165) is 38.2 Å². The molecule has 0 aliphatic heterocycles. The van der Waals surface area contributed by atoms with Crippen molar-refractivity contribution in [2.75, 3.05) is 13.2 Å². The number of para-hydroxylation sites is 1. The minimum absolute atomic E-state index is 0.0160. The van der Waals surface area contributed by atoms with E-state index in [1.54, 1.807) is 0 Å². The lowest BCUT2D eigenvalue weighted by molar-refractivity contribution is -0.0183. The summed E-state index contributed by atoms with van der Waals surface area (Å²) in [5.74, 6) is 1.79. The van der Waals surface area contributed by atoms with Crippen molar-refractivity contribution < 1.29 is 9.47 Å². The molecule has 1 unspecified atom stereocenters. The molecule has 2 nitrogen and oxygen atoms in total. The van der Waals surface area contributed by atoms with Crippen LogP contribution in [0.15, 0.2) is 18.2 Å². The zero-order chi connectivity index (χ0) is 17.3. The van der Waals surface area contributed by atoms with Crippen LogP contribution in [0.3, 0.4) is 0 Å². The van der Waals surface area contributed by atoms with Crippen LogP contribution in [0.5, 0.6) is 5.75 Å². The second-order valence-electron chi connectivity index (χ2n) is 7.24. The Bertz CT molecular complexity index is 451. The van der Waals surface area contributed by atoms with Gasteiger partial charge in [-0.25, -0.2) is 0 Å². The normalized spacial score (nSPS) is 13.1. The first-order chi connectivity index (χ1) is 10.9. The molecule has 0 bridgehead atoms. The van der Waals surface area contributed by atoms with Crippen LogP contribution in [0.2, 0.25) is 0 Å². The van der Waals surface area contributed by atoms with Gasteiger partial charge < -0.3 is 9.47 Å². The summed E-state index contributed by atoms with van der Waals surface area (Å²) in [6.07, 6.45) is 5.74. The van der Waals surface area contributed by atoms with Crippen LogP contribution < -0.4 is 4.74 Å². The monoisotopic (exact) mass is 320 g/mol. The van der Waals surface area contributed by atoms with Gasteiger partial charge in [0.15, 0.2) is 0 Å². The van der Waals surface area contributed by atoms with Crippen LogP contribution in [0.4, 0.5) is 0 Å². The van der Waals surface area contributed by atoms with Gasteiger partial charge in [-0.2, -0.15) is 0 Å². The maximum atomic E-state index is 6.09. The zero-order valence-corrected chi connectivity index (χ0v) is 16.1. The first-order valence-corrected chi connectivity index (χ1v) is 9.24. The van der Waals surface area contributed by atoms with Crippen molar-refractivity contribution >= 4 is 0 Å². The molecule has 1 rings (SSSR count). The highest BCUT2D eigenvalue weighted by atomic mass is 16.5. The van der Waals surface area contributed by atoms with E-state index in [1.807, 2.05) is 0 Å². The fraction of sp³-hybridized carbons (Fsp3) is 0.714. The smallest absolute Gasteiger partial charge is 0.125 e. The number of ether oxygens (including phenoxy) is 2. The molecule has 0 aliphatic rings. The van der Waals surface area contributed by atoms with Crippen molar-refractivity contribution in [3.05, 3.63) is 29.3 Å². The average Bonchev–Trinajstić information content (AvgIpc) is 2.48. The van der Waals surface area contributed by atoms with Crippen LogP contribution in [-0.4, -0.2) is 18.8 Å². The molecule has 0 saturated heterocycles. The number of rotatable bonds is 11. The highest BCUT2D eigenvalue weighted by Gasteiger charge is 2.17. The molecule has 0 aliphatic carbocycles. The minimum atomic E-state index is 0.0160. The lowest BCUT2D eigenvalue weighted by Gasteiger charge is -2.25. The minimum Gasteiger partial charge on any atom is -0.493 e. The van der Waals surface area contributed by atoms with Crippen molar-refractivity contribution in [1.29, 1.82) is 0 Å². The predicted octanol–water partition coefficient (Wildman–Crippen LogP) is 5.95. The summed E-state index contributed by atoms with van der Waals surface area (Å²) >= 11 is 0. The van der Waals surface area contributed by atoms with Gasteiger partial charge in [-0.15, -0.1) is 0 Å². The number of benzene rings is 1. The maximum Gasteiger partial charge on any atom is 0.125 e. The Morgan fingerprint density at radius 2 is 1.87 bits per heavy atom. The van der Waals surface area contributed by atoms with Crippen molar-refractivity contribution in [2.24, 2.45) is 5.92 Å². The van der Waals surface area contributed by atoms with E-state index >= 15 is 0 Å². The molecule has 0 fully saturated rings. The van der Waals surface area contributed by atoms with Crippen molar-refractivity contribution in [1.82, 2.24) is 0 Å². The van der Waals surface area contributed by atoms with Gasteiger partial charge >= 0.3 is 0 Å². The van der Waals surface area contributed by atoms with E-state index in [-0.39, 0.29) is 5.60 Å². The molecule has 1 aromatic rings. The summed E-state index contributed by atoms with van der Waals surface area (Å²) < 4.78 is 11.9. The molecule has 0 spiro atoms. The van der Waals surface area contributed by atoms with E-state index < -0.39 is 0 Å². The Hall–Kier alpha value is -1.02. The van der Waals surface area contributed by atoms with Crippen LogP contribution in [-0.2, 0) is 11.2 Å². The van der Waals surface area contributed by atoms with Crippen LogP contribution in [0.1, 0.15) is 71.4 Å². The molecule has 1 aromatic carbocycles. The standard InChI is InChI=1S/C21H36O2/c1-7-19-13-9-12-18(4)20(19)22-16-14-17(3)11-10-15-21(5,6)23-8-2/h9,12-13,17H,7-8,10-11,14-16H2,1-6H3. The van der Waals surface area contributed by atoms with Crippen LogP contribution >= 0.6 is 0 Å². The van der Waals surface area contributed by atoms with Gasteiger partial charge in [0.25, 0.3) is 0 Å². The third kappa shape index (κ3) is 7.39. The van der Waals surface area contributed by atoms with Gasteiger partial charge in [-0.3, -0.25) is 0 Å². The van der Waals surface area contributed by atoms with Gasteiger partial charge in [0.05, 0.1) is 12.2 Å². The third-order valence-corrected chi connectivity index (χ3v) is 4.54. The molecule has 0 saturated carbocycles. The molecule has 0 N–H and O–H groups in total. The molecule has 0 heterocycles. The van der Waals surface area contributed by atoms with Crippen LogP contribution in [0, 0.1) is 12.8 Å². The van der Waals surface area contributed by atoms with Gasteiger partial charge in [0.2, 0.25) is 0 Å². The summed E-state index contributed by atoms with van der Waals surface area (Å²) in [4.78, 5) is 0. The largest absolute Gasteiger partial charge is 0.493 e. The topological polar surface area (TPSA) is 18.5 Å². The van der Waals surface area contributed by atoms with Gasteiger partial charge in [-0.05, 0) is 64.0 Å². The van der Waals surface area contributed by atoms with Crippen molar-refractivity contribution in [3.8, 4) is 5.75 Å². The summed E-state index contributed by atoms with van der Waals surface area (Å²) in [6.45, 7) is 14.7. The first kappa shape index (κ1) is 20.0. The molecule has 0 aromatic heterocycles. The summed E-state index contributed by atoms with van der Waals surface area (Å²) in [5.41, 5.74) is 2.58. The molecular weight excluding hydrogens is 284 g/mol. The SMILES string of the molecule is CCOC(C)(C)CCCC(C)CCOc1c(C)cccc1CC. The summed E-state index contributed by atoms with van der Waals surface area (Å²) in [5, 5.41) is 0. The van der Waals surface area contributed by atoms with Crippen molar-refractivity contribution in [3.63, 3.8) is 0 Å². The Morgan fingerprint density at radius 3 is 2.52 bits per heavy atom. The van der Waals surface area contributed by atoms with E-state index in [2.05, 4.69) is 59.7 Å². The quantitative estimate of drug-likeness (QED) is 0.502. The Morgan fingerprint density at radius 1 is 1.13 bits per heavy atom. The van der Waals surface area contributed by atoms with E-state index in [9.17, 15) is 0 Å². The average molecular weight is 321 g/mol. The summed E-state index contributed by atoms with van der Waals surface area (Å²) in [7, 11) is 0. The van der Waals surface area contributed by atoms with E-state index in [4.69, 9.17) is 9.47 Å². The molecule has 0 radical (unpaired) electrons. The van der Waals surface area contributed by atoms with Gasteiger partial charge in [0.1, 0.15) is 5.75 Å².